The molecule has 0 heterocycles. The monoisotopic (exact) mass is 426 g/mol. The first-order chi connectivity index (χ1) is 10.1. The van der Waals surface area contributed by atoms with Crippen LogP contribution in [-0.4, -0.2) is 111 Å². The SMILES string of the molecule is OCC[O][Sb]([O]CCO)([O]CCO)([O]CCO)[O]CCO. The Hall–Kier alpha value is 0.418. The molecule has 130 valence electrons. The number of hydrogen-bond donors (Lipinski definition) is 5. The summed E-state index contributed by atoms with van der Waals surface area (Å²) < 4.78 is 27.0. The van der Waals surface area contributed by atoms with Gasteiger partial charge in [0.25, 0.3) is 0 Å². The van der Waals surface area contributed by atoms with Gasteiger partial charge in [0.2, 0.25) is 0 Å². The minimum absolute atomic E-state index is 0.241. The Labute approximate surface area is 126 Å². The Bertz CT molecular complexity index is 190. The molecule has 11 heteroatoms. The molecule has 21 heavy (non-hydrogen) atoms. The predicted molar refractivity (Wildman–Crippen MR) is 70.9 cm³/mol. The Balaban J connectivity index is 5.33. The molecule has 10 nitrogen and oxygen atoms in total. The third kappa shape index (κ3) is 7.49. The molecule has 0 radical (unpaired) electrons. The van der Waals surface area contributed by atoms with E-state index in [1.165, 1.54) is 0 Å². The average molecular weight is 427 g/mol. The number of rotatable bonds is 15. The van der Waals surface area contributed by atoms with Gasteiger partial charge < -0.3 is 0 Å². The van der Waals surface area contributed by atoms with E-state index in [9.17, 15) is 0 Å². The molecule has 0 aromatic heterocycles. The van der Waals surface area contributed by atoms with Crippen LogP contribution in [0.25, 0.3) is 0 Å². The summed E-state index contributed by atoms with van der Waals surface area (Å²) in [5.74, 6) is 0. The van der Waals surface area contributed by atoms with E-state index in [4.69, 9.17) is 40.6 Å². The summed E-state index contributed by atoms with van der Waals surface area (Å²) in [6.07, 6.45) is 0. The Morgan fingerprint density at radius 2 is 0.619 bits per heavy atom. The van der Waals surface area contributed by atoms with Gasteiger partial charge in [-0.1, -0.05) is 0 Å². The first-order valence-corrected chi connectivity index (χ1v) is 11.6. The Kier molecular flexibility index (Phi) is 12.2. The second-order valence-electron chi connectivity index (χ2n) is 3.53. The number of aliphatic hydroxyl groups is 5. The molecule has 0 atom stereocenters. The van der Waals surface area contributed by atoms with E-state index in [0.717, 1.165) is 0 Å². The van der Waals surface area contributed by atoms with Gasteiger partial charge in [-0.25, -0.2) is 0 Å². The van der Waals surface area contributed by atoms with Gasteiger partial charge in [0.1, 0.15) is 0 Å². The van der Waals surface area contributed by atoms with Crippen LogP contribution in [0.3, 0.4) is 0 Å². The summed E-state index contributed by atoms with van der Waals surface area (Å²) in [7, 11) is 0. The maximum absolute atomic E-state index is 8.93. The van der Waals surface area contributed by atoms with Gasteiger partial charge in [0.05, 0.1) is 0 Å². The van der Waals surface area contributed by atoms with Crippen molar-refractivity contribution < 1.29 is 40.6 Å². The van der Waals surface area contributed by atoms with Crippen molar-refractivity contribution in [2.24, 2.45) is 0 Å². The van der Waals surface area contributed by atoms with Gasteiger partial charge in [-0.2, -0.15) is 0 Å². The van der Waals surface area contributed by atoms with E-state index in [1.54, 1.807) is 0 Å². The quantitative estimate of drug-likeness (QED) is 0.171. The number of aliphatic hydroxyl groups excluding tert-OH is 5. The molecule has 0 unspecified atom stereocenters. The Morgan fingerprint density at radius 1 is 0.429 bits per heavy atom. The van der Waals surface area contributed by atoms with Gasteiger partial charge >= 0.3 is 126 Å². The predicted octanol–water partition coefficient (Wildman–Crippen LogP) is -3.08. The maximum atomic E-state index is 8.93. The van der Waals surface area contributed by atoms with Crippen molar-refractivity contribution in [1.29, 1.82) is 0 Å². The van der Waals surface area contributed by atoms with Crippen molar-refractivity contribution in [3.8, 4) is 0 Å². The zero-order valence-electron chi connectivity index (χ0n) is 11.8. The first-order valence-electron chi connectivity index (χ1n) is 6.44. The molecule has 0 amide bonds. The second kappa shape index (κ2) is 11.9. The van der Waals surface area contributed by atoms with E-state index in [1.807, 2.05) is 0 Å². The van der Waals surface area contributed by atoms with Crippen molar-refractivity contribution in [1.82, 2.24) is 0 Å². The van der Waals surface area contributed by atoms with Gasteiger partial charge in [0.15, 0.2) is 0 Å². The number of hydrogen-bond acceptors (Lipinski definition) is 10. The van der Waals surface area contributed by atoms with Crippen LogP contribution in [0, 0.1) is 0 Å². The van der Waals surface area contributed by atoms with Crippen molar-refractivity contribution >= 4 is 19.5 Å². The standard InChI is InChI=1S/5C2H5O2.Sb/c5*3-1-2-4;/h5*3H,1-2H2;/q5*-1;+5. The molecular weight excluding hydrogens is 402 g/mol. The van der Waals surface area contributed by atoms with Crippen molar-refractivity contribution in [2.45, 2.75) is 0 Å². The Morgan fingerprint density at radius 3 is 0.762 bits per heavy atom. The fourth-order valence-electron chi connectivity index (χ4n) is 1.32. The van der Waals surface area contributed by atoms with E-state index in [2.05, 4.69) is 0 Å². The third-order valence-corrected chi connectivity index (χ3v) is 10.6. The summed E-state index contributed by atoms with van der Waals surface area (Å²) in [5.41, 5.74) is 0. The molecule has 0 saturated heterocycles. The molecule has 0 bridgehead atoms. The van der Waals surface area contributed by atoms with Gasteiger partial charge in [-0.3, -0.25) is 0 Å². The van der Waals surface area contributed by atoms with Crippen molar-refractivity contribution in [2.75, 3.05) is 66.1 Å². The summed E-state index contributed by atoms with van der Waals surface area (Å²) in [6.45, 7) is -3.09. The molecule has 0 spiro atoms. The van der Waals surface area contributed by atoms with Crippen molar-refractivity contribution in [3.63, 3.8) is 0 Å². The van der Waals surface area contributed by atoms with E-state index in [-0.39, 0.29) is 66.1 Å². The van der Waals surface area contributed by atoms with Crippen LogP contribution in [0.5, 0.6) is 0 Å². The fraction of sp³-hybridized carbons (Fsp3) is 1.00. The average Bonchev–Trinajstić information content (AvgIpc) is 2.53. The molecular formula is C10H25O10Sb. The molecule has 0 saturated carbocycles. The summed E-state index contributed by atoms with van der Waals surface area (Å²) in [6, 6.07) is 0. The van der Waals surface area contributed by atoms with Crippen LogP contribution in [0.2, 0.25) is 0 Å². The van der Waals surface area contributed by atoms with Crippen LogP contribution >= 0.6 is 0 Å². The van der Waals surface area contributed by atoms with Gasteiger partial charge in [-0.15, -0.1) is 0 Å². The van der Waals surface area contributed by atoms with Crippen LogP contribution in [0.1, 0.15) is 0 Å². The van der Waals surface area contributed by atoms with Crippen molar-refractivity contribution in [3.05, 3.63) is 0 Å². The fourth-order valence-corrected chi connectivity index (χ4v) is 8.87. The normalized spacial score (nSPS) is 14.0. The molecule has 0 aliphatic carbocycles. The zero-order valence-corrected chi connectivity index (χ0v) is 14.3. The summed E-state index contributed by atoms with van der Waals surface area (Å²) in [5, 5.41) is 44.7. The summed E-state index contributed by atoms with van der Waals surface area (Å²) >= 11 is -5.68. The van der Waals surface area contributed by atoms with Crippen LogP contribution in [0.4, 0.5) is 0 Å². The molecule has 0 aromatic rings. The molecule has 0 rings (SSSR count). The van der Waals surface area contributed by atoms with E-state index >= 15 is 0 Å². The van der Waals surface area contributed by atoms with E-state index in [0.29, 0.717) is 0 Å². The summed E-state index contributed by atoms with van der Waals surface area (Å²) in [4.78, 5) is 0. The molecule has 0 aromatic carbocycles. The van der Waals surface area contributed by atoms with Gasteiger partial charge in [0, 0.05) is 0 Å². The molecule has 5 N–H and O–H groups in total. The molecule has 0 aliphatic rings. The third-order valence-electron chi connectivity index (χ3n) is 1.97. The van der Waals surface area contributed by atoms with Gasteiger partial charge in [-0.05, 0) is 0 Å². The topological polar surface area (TPSA) is 147 Å². The van der Waals surface area contributed by atoms with Crippen LogP contribution in [-0.2, 0) is 15.1 Å². The first kappa shape index (κ1) is 21.4. The minimum atomic E-state index is -5.68. The zero-order chi connectivity index (χ0) is 16.1. The van der Waals surface area contributed by atoms with E-state index < -0.39 is 19.5 Å². The van der Waals surface area contributed by atoms with Crippen LogP contribution < -0.4 is 0 Å². The van der Waals surface area contributed by atoms with Crippen LogP contribution in [0.15, 0.2) is 0 Å². The molecule has 0 fully saturated rings. The molecule has 0 aliphatic heterocycles. The second-order valence-corrected chi connectivity index (χ2v) is 11.5.